The highest BCUT2D eigenvalue weighted by molar-refractivity contribution is 7.99. The summed E-state index contributed by atoms with van der Waals surface area (Å²) in [6, 6.07) is 16.2. The zero-order valence-electron chi connectivity index (χ0n) is 13.2. The molecule has 0 bridgehead atoms. The van der Waals surface area contributed by atoms with Crippen molar-refractivity contribution >= 4 is 23.2 Å². The third-order valence-electron chi connectivity index (χ3n) is 4.20. The van der Waals surface area contributed by atoms with E-state index in [9.17, 15) is 15.0 Å². The number of phenolic OH excluding ortho intramolecular Hbond substituents is 2. The molecule has 1 heterocycles. The van der Waals surface area contributed by atoms with Crippen molar-refractivity contribution in [3.8, 4) is 22.6 Å². The third-order valence-corrected chi connectivity index (χ3v) is 5.36. The number of nitrogen functional groups attached to an aromatic ring is 1. The number of aromatic hydroxyl groups is 2. The zero-order chi connectivity index (χ0) is 17.6. The molecule has 4 nitrogen and oxygen atoms in total. The Labute approximate surface area is 148 Å². The summed E-state index contributed by atoms with van der Waals surface area (Å²) in [4.78, 5) is 14.1. The molecule has 0 atom stereocenters. The maximum Gasteiger partial charge on any atom is 0.172 e. The number of ketones is 1. The summed E-state index contributed by atoms with van der Waals surface area (Å²) in [5.74, 6) is -0.406. The number of Topliss-reactive ketones (excluding diaryl/α,β-unsaturated/α-hetero) is 1. The molecule has 0 aromatic heterocycles. The first-order valence-corrected chi connectivity index (χ1v) is 8.59. The number of hydrogen-bond donors (Lipinski definition) is 3. The van der Waals surface area contributed by atoms with Gasteiger partial charge in [0, 0.05) is 28.0 Å². The summed E-state index contributed by atoms with van der Waals surface area (Å²) < 4.78 is 0. The molecule has 0 radical (unpaired) electrons. The van der Waals surface area contributed by atoms with Gasteiger partial charge >= 0.3 is 0 Å². The molecule has 124 valence electrons. The van der Waals surface area contributed by atoms with Gasteiger partial charge in [-0.15, -0.1) is 0 Å². The number of carbonyl (C=O) groups excluding carboxylic acids is 1. The van der Waals surface area contributed by atoms with Crippen molar-refractivity contribution in [2.45, 2.75) is 16.2 Å². The predicted octanol–water partition coefficient (Wildman–Crippen LogP) is 4.24. The average Bonchev–Trinajstić information content (AvgIpc) is 2.69. The second-order valence-electron chi connectivity index (χ2n) is 5.99. The van der Waals surface area contributed by atoms with Gasteiger partial charge in [0.1, 0.15) is 11.5 Å². The van der Waals surface area contributed by atoms with Gasteiger partial charge in [-0.05, 0) is 47.0 Å². The number of anilines is 1. The molecule has 3 aromatic rings. The first kappa shape index (κ1) is 15.6. The van der Waals surface area contributed by atoms with Crippen molar-refractivity contribution in [2.24, 2.45) is 0 Å². The molecule has 5 heteroatoms. The Morgan fingerprint density at radius 2 is 1.72 bits per heavy atom. The van der Waals surface area contributed by atoms with Gasteiger partial charge in [-0.25, -0.2) is 0 Å². The van der Waals surface area contributed by atoms with E-state index >= 15 is 0 Å². The first-order valence-electron chi connectivity index (χ1n) is 7.77. The lowest BCUT2D eigenvalue weighted by molar-refractivity contribution is 0.0987. The number of nitrogens with two attached hydrogens (primary N) is 1. The quantitative estimate of drug-likeness (QED) is 0.572. The summed E-state index contributed by atoms with van der Waals surface area (Å²) in [6.45, 7) is 0. The molecule has 4 N–H and O–H groups in total. The normalized spacial score (nSPS) is 13.0. The van der Waals surface area contributed by atoms with Crippen LogP contribution in [0.3, 0.4) is 0 Å². The lowest BCUT2D eigenvalue weighted by Gasteiger charge is -2.09. The fourth-order valence-electron chi connectivity index (χ4n) is 3.04. The largest absolute Gasteiger partial charge is 0.508 e. The summed E-state index contributed by atoms with van der Waals surface area (Å²) >= 11 is 1.38. The number of rotatable bonds is 1. The topological polar surface area (TPSA) is 83.6 Å². The van der Waals surface area contributed by atoms with Crippen LogP contribution in [0.2, 0.25) is 0 Å². The van der Waals surface area contributed by atoms with Crippen molar-refractivity contribution < 1.29 is 15.0 Å². The van der Waals surface area contributed by atoms with Crippen LogP contribution in [0.1, 0.15) is 15.9 Å². The van der Waals surface area contributed by atoms with Crippen LogP contribution in [0.25, 0.3) is 11.1 Å². The molecule has 0 spiro atoms. The van der Waals surface area contributed by atoms with E-state index < -0.39 is 0 Å². The fourth-order valence-corrected chi connectivity index (χ4v) is 4.18. The number of hydrogen-bond acceptors (Lipinski definition) is 5. The Morgan fingerprint density at radius 3 is 2.52 bits per heavy atom. The van der Waals surface area contributed by atoms with E-state index in [2.05, 4.69) is 0 Å². The molecular formula is C20H15NO3S. The molecule has 25 heavy (non-hydrogen) atoms. The van der Waals surface area contributed by atoms with E-state index in [4.69, 9.17) is 5.73 Å². The Morgan fingerprint density at radius 1 is 0.920 bits per heavy atom. The zero-order valence-corrected chi connectivity index (χ0v) is 14.0. The SMILES string of the molecule is Nc1cccc(-c2ccc3c(c2)CC(=O)c2c(O)cc(O)cc2S3)c1. The van der Waals surface area contributed by atoms with Gasteiger partial charge < -0.3 is 15.9 Å². The lowest BCUT2D eigenvalue weighted by atomic mass is 9.98. The van der Waals surface area contributed by atoms with Crippen molar-refractivity contribution in [1.29, 1.82) is 0 Å². The van der Waals surface area contributed by atoms with Gasteiger partial charge in [-0.3, -0.25) is 4.79 Å². The maximum absolute atomic E-state index is 12.6. The van der Waals surface area contributed by atoms with Crippen molar-refractivity contribution in [3.05, 3.63) is 65.7 Å². The second-order valence-corrected chi connectivity index (χ2v) is 7.07. The van der Waals surface area contributed by atoms with Gasteiger partial charge in [0.25, 0.3) is 0 Å². The Kier molecular flexibility index (Phi) is 3.66. The van der Waals surface area contributed by atoms with Crippen molar-refractivity contribution in [2.75, 3.05) is 5.73 Å². The summed E-state index contributed by atoms with van der Waals surface area (Å²) in [6.07, 6.45) is 0.198. The standard InChI is InChI=1S/C20H15NO3S/c21-14-3-1-2-11(7-14)12-4-5-18-13(6-12)8-16(23)20-17(24)9-15(22)10-19(20)25-18/h1-7,9-10,22,24H,8,21H2. The number of phenols is 2. The van der Waals surface area contributed by atoms with Crippen LogP contribution in [0.4, 0.5) is 5.69 Å². The molecule has 4 rings (SSSR count). The van der Waals surface area contributed by atoms with Crippen molar-refractivity contribution in [3.63, 3.8) is 0 Å². The predicted molar refractivity (Wildman–Crippen MR) is 98.2 cm³/mol. The summed E-state index contributed by atoms with van der Waals surface area (Å²) in [5, 5.41) is 19.8. The Bertz CT molecular complexity index is 1010. The molecule has 0 fully saturated rings. The van der Waals surface area contributed by atoms with Crippen molar-refractivity contribution in [1.82, 2.24) is 0 Å². The van der Waals surface area contributed by atoms with Crippen LogP contribution in [-0.4, -0.2) is 16.0 Å². The molecule has 1 aliphatic heterocycles. The second kappa shape index (κ2) is 5.86. The number of carbonyl (C=O) groups is 1. The highest BCUT2D eigenvalue weighted by atomic mass is 32.2. The Hall–Kier alpha value is -2.92. The molecule has 0 unspecified atom stereocenters. The van der Waals surface area contributed by atoms with Crippen LogP contribution in [-0.2, 0) is 6.42 Å². The molecule has 0 saturated carbocycles. The minimum absolute atomic E-state index is 0.0589. The number of fused-ring (bicyclic) bond motifs is 2. The monoisotopic (exact) mass is 349 g/mol. The van der Waals surface area contributed by atoms with Gasteiger partial charge in [-0.1, -0.05) is 30.0 Å². The van der Waals surface area contributed by atoms with Crippen LogP contribution in [0.15, 0.2) is 64.4 Å². The van der Waals surface area contributed by atoms with E-state index in [-0.39, 0.29) is 29.3 Å². The summed E-state index contributed by atoms with van der Waals surface area (Å²) in [7, 11) is 0. The molecular weight excluding hydrogens is 334 g/mol. The third kappa shape index (κ3) is 2.83. The van der Waals surface area contributed by atoms with E-state index in [0.29, 0.717) is 10.6 Å². The van der Waals surface area contributed by atoms with Gasteiger partial charge in [-0.2, -0.15) is 0 Å². The van der Waals surface area contributed by atoms with Crippen LogP contribution in [0, 0.1) is 0 Å². The fraction of sp³-hybridized carbons (Fsp3) is 0.0500. The van der Waals surface area contributed by atoms with Gasteiger partial charge in [0.15, 0.2) is 5.78 Å². The minimum atomic E-state index is -0.184. The van der Waals surface area contributed by atoms with Crippen LogP contribution >= 0.6 is 11.8 Å². The maximum atomic E-state index is 12.6. The van der Waals surface area contributed by atoms with E-state index in [0.717, 1.165) is 21.6 Å². The molecule has 0 saturated heterocycles. The highest BCUT2D eigenvalue weighted by Crippen LogP contribution is 2.43. The number of benzene rings is 3. The van der Waals surface area contributed by atoms with Crippen LogP contribution < -0.4 is 5.73 Å². The summed E-state index contributed by atoms with van der Waals surface area (Å²) in [5.41, 5.74) is 9.68. The molecule has 0 aliphatic carbocycles. The molecule has 0 amide bonds. The van der Waals surface area contributed by atoms with Gasteiger partial charge in [0.05, 0.1) is 5.56 Å². The minimum Gasteiger partial charge on any atom is -0.508 e. The van der Waals surface area contributed by atoms with Crippen LogP contribution in [0.5, 0.6) is 11.5 Å². The molecule has 3 aromatic carbocycles. The molecule has 1 aliphatic rings. The smallest absolute Gasteiger partial charge is 0.172 e. The first-order chi connectivity index (χ1) is 12.0. The van der Waals surface area contributed by atoms with E-state index in [1.807, 2.05) is 42.5 Å². The lowest BCUT2D eigenvalue weighted by Crippen LogP contribution is -2.03. The van der Waals surface area contributed by atoms with Gasteiger partial charge in [0.2, 0.25) is 0 Å². The average molecular weight is 349 g/mol. The van der Waals surface area contributed by atoms with E-state index in [1.165, 1.54) is 23.9 Å². The highest BCUT2D eigenvalue weighted by Gasteiger charge is 2.24. The van der Waals surface area contributed by atoms with E-state index in [1.54, 1.807) is 0 Å². The Balaban J connectivity index is 1.81.